The van der Waals surface area contributed by atoms with Crippen molar-refractivity contribution in [1.82, 2.24) is 25.8 Å². The first-order valence-electron chi connectivity index (χ1n) is 11.3. The summed E-state index contributed by atoms with van der Waals surface area (Å²) in [5, 5.41) is 16.8. The average Bonchev–Trinajstić information content (AvgIpc) is 3.62. The lowest BCUT2D eigenvalue weighted by atomic mass is 10.1. The van der Waals surface area contributed by atoms with Gasteiger partial charge in [0, 0.05) is 52.2 Å². The third-order valence-electron chi connectivity index (χ3n) is 5.91. The maximum absolute atomic E-state index is 12.9. The number of amides is 2. The first-order chi connectivity index (χ1) is 16.6. The highest BCUT2D eigenvalue weighted by Gasteiger charge is 2.21. The highest BCUT2D eigenvalue weighted by Crippen LogP contribution is 2.33. The number of H-pyrrole nitrogens is 1. The topological polar surface area (TPSA) is 109 Å². The molecule has 5 rings (SSSR count). The largest absolute Gasteiger partial charge is 0.381 e. The van der Waals surface area contributed by atoms with Crippen LogP contribution in [0.5, 0.6) is 0 Å². The van der Waals surface area contributed by atoms with Gasteiger partial charge in [-0.1, -0.05) is 6.92 Å². The Balaban J connectivity index is 1.25. The molecule has 1 unspecified atom stereocenters. The Morgan fingerprint density at radius 2 is 2.06 bits per heavy atom. The Hall–Kier alpha value is -3.08. The van der Waals surface area contributed by atoms with Gasteiger partial charge in [-0.25, -0.2) is 4.98 Å². The summed E-state index contributed by atoms with van der Waals surface area (Å²) in [5.41, 5.74) is 2.41. The highest BCUT2D eigenvalue weighted by atomic mass is 32.1. The maximum Gasteiger partial charge on any atom is 0.261 e. The zero-order chi connectivity index (χ0) is 23.5. The highest BCUT2D eigenvalue weighted by molar-refractivity contribution is 7.16. The number of thiophene rings is 1. The number of aromatic amines is 1. The predicted octanol–water partition coefficient (Wildman–Crippen LogP) is 4.54. The van der Waals surface area contributed by atoms with Crippen LogP contribution in [0.15, 0.2) is 42.0 Å². The summed E-state index contributed by atoms with van der Waals surface area (Å²) in [5.74, 6) is -0.180. The van der Waals surface area contributed by atoms with E-state index in [0.717, 1.165) is 45.6 Å². The van der Waals surface area contributed by atoms with Crippen molar-refractivity contribution in [1.29, 1.82) is 0 Å². The van der Waals surface area contributed by atoms with Gasteiger partial charge in [0.15, 0.2) is 0 Å². The maximum atomic E-state index is 12.9. The fraction of sp³-hybridized carbons (Fsp3) is 0.333. The summed E-state index contributed by atoms with van der Waals surface area (Å²) in [7, 11) is 0. The van der Waals surface area contributed by atoms with E-state index in [9.17, 15) is 9.59 Å². The smallest absolute Gasteiger partial charge is 0.261 e. The van der Waals surface area contributed by atoms with E-state index in [4.69, 9.17) is 4.74 Å². The fourth-order valence-corrected chi connectivity index (χ4v) is 5.85. The van der Waals surface area contributed by atoms with Gasteiger partial charge in [-0.2, -0.15) is 5.10 Å². The van der Waals surface area contributed by atoms with Crippen molar-refractivity contribution >= 4 is 45.4 Å². The van der Waals surface area contributed by atoms with Gasteiger partial charge in [-0.15, -0.1) is 22.7 Å². The Morgan fingerprint density at radius 1 is 1.21 bits per heavy atom. The number of thiazole rings is 1. The number of carbonyl (C=O) groups is 2. The van der Waals surface area contributed by atoms with Gasteiger partial charge >= 0.3 is 0 Å². The van der Waals surface area contributed by atoms with E-state index in [1.807, 2.05) is 36.7 Å². The third-order valence-corrected chi connectivity index (χ3v) is 8.00. The van der Waals surface area contributed by atoms with Gasteiger partial charge in [-0.05, 0) is 43.5 Å². The molecule has 2 amide bonds. The van der Waals surface area contributed by atoms with Gasteiger partial charge in [0.1, 0.15) is 5.01 Å². The minimum atomic E-state index is -0.145. The molecular formula is C24H25N5O3S2. The van der Waals surface area contributed by atoms with Crippen molar-refractivity contribution < 1.29 is 14.3 Å². The van der Waals surface area contributed by atoms with Gasteiger partial charge in [-0.3, -0.25) is 14.7 Å². The number of aromatic nitrogens is 3. The summed E-state index contributed by atoms with van der Waals surface area (Å²) in [6, 6.07) is 7.39. The minimum Gasteiger partial charge on any atom is -0.381 e. The molecule has 3 aromatic heterocycles. The van der Waals surface area contributed by atoms with E-state index in [-0.39, 0.29) is 23.9 Å². The zero-order valence-corrected chi connectivity index (χ0v) is 20.3. The number of carbonyl (C=O) groups excluding carboxylic acids is 2. The van der Waals surface area contributed by atoms with Crippen LogP contribution in [0.3, 0.4) is 0 Å². The van der Waals surface area contributed by atoms with Crippen LogP contribution >= 0.6 is 22.7 Å². The van der Waals surface area contributed by atoms with Crippen molar-refractivity contribution in [3.8, 4) is 10.6 Å². The summed E-state index contributed by atoms with van der Waals surface area (Å²) >= 11 is 2.96. The van der Waals surface area contributed by atoms with Crippen LogP contribution < -0.4 is 10.6 Å². The standard InChI is InChI=1S/C24H25N5O3S2/c1-2-18(28-22(30)14-3-4-19-15(9-14)11-26-29-19)21-12-25-24(34-21)16-10-20(33-13-16)23(31)27-17-5-7-32-8-6-17/h3-4,9-13,17-18H,2,5-8H2,1H3,(H,26,29)(H,27,31)(H,28,30). The number of rotatable bonds is 7. The molecule has 1 aromatic carbocycles. The van der Waals surface area contributed by atoms with Crippen LogP contribution in [0.4, 0.5) is 0 Å². The molecule has 4 aromatic rings. The van der Waals surface area contributed by atoms with Crippen molar-refractivity contribution in [2.75, 3.05) is 13.2 Å². The first-order valence-corrected chi connectivity index (χ1v) is 13.0. The lowest BCUT2D eigenvalue weighted by Crippen LogP contribution is -2.38. The van der Waals surface area contributed by atoms with Crippen LogP contribution in [0.1, 0.15) is 57.1 Å². The van der Waals surface area contributed by atoms with E-state index in [1.165, 1.54) is 22.7 Å². The van der Waals surface area contributed by atoms with Gasteiger partial charge in [0.2, 0.25) is 0 Å². The van der Waals surface area contributed by atoms with Gasteiger partial charge in [0.05, 0.1) is 22.6 Å². The van der Waals surface area contributed by atoms with Crippen LogP contribution in [-0.2, 0) is 4.74 Å². The van der Waals surface area contributed by atoms with Gasteiger partial charge < -0.3 is 15.4 Å². The third kappa shape index (κ3) is 4.89. The molecule has 0 radical (unpaired) electrons. The van der Waals surface area contributed by atoms with E-state index in [0.29, 0.717) is 23.7 Å². The second kappa shape index (κ2) is 10.0. The minimum absolute atomic E-state index is 0.0479. The molecule has 1 aliphatic heterocycles. The molecule has 0 spiro atoms. The Labute approximate surface area is 204 Å². The number of ether oxygens (including phenoxy) is 1. The molecule has 0 bridgehead atoms. The fourth-order valence-electron chi connectivity index (χ4n) is 3.95. The Bertz CT molecular complexity index is 1300. The summed E-state index contributed by atoms with van der Waals surface area (Å²) < 4.78 is 5.36. The lowest BCUT2D eigenvalue weighted by molar-refractivity contribution is 0.0698. The Morgan fingerprint density at radius 3 is 2.88 bits per heavy atom. The molecule has 1 fully saturated rings. The van der Waals surface area contributed by atoms with Gasteiger partial charge in [0.25, 0.3) is 11.8 Å². The second-order valence-corrected chi connectivity index (χ2v) is 10.2. The number of benzene rings is 1. The molecule has 3 N–H and O–H groups in total. The predicted molar refractivity (Wildman–Crippen MR) is 133 cm³/mol. The number of nitrogens with zero attached hydrogens (tertiary/aromatic N) is 2. The normalized spacial score (nSPS) is 15.3. The SMILES string of the molecule is CCC(NC(=O)c1ccc2[nH]ncc2c1)c1cnc(-c2csc(C(=O)NC3CCOCC3)c2)s1. The zero-order valence-electron chi connectivity index (χ0n) is 18.7. The molecule has 10 heteroatoms. The number of hydrogen-bond donors (Lipinski definition) is 3. The number of fused-ring (bicyclic) bond motifs is 1. The molecule has 34 heavy (non-hydrogen) atoms. The van der Waals surface area contributed by atoms with Crippen molar-refractivity contribution in [3.63, 3.8) is 0 Å². The second-order valence-electron chi connectivity index (χ2n) is 8.23. The molecule has 0 saturated carbocycles. The lowest BCUT2D eigenvalue weighted by Gasteiger charge is -2.22. The summed E-state index contributed by atoms with van der Waals surface area (Å²) in [4.78, 5) is 31.7. The van der Waals surface area contributed by atoms with Crippen molar-refractivity contribution in [2.24, 2.45) is 0 Å². The summed E-state index contributed by atoms with van der Waals surface area (Å²) in [6.07, 6.45) is 5.95. The molecule has 1 saturated heterocycles. The van der Waals surface area contributed by atoms with E-state index in [1.54, 1.807) is 12.3 Å². The average molecular weight is 496 g/mol. The van der Waals surface area contributed by atoms with E-state index < -0.39 is 0 Å². The van der Waals surface area contributed by atoms with Crippen molar-refractivity contribution in [2.45, 2.75) is 38.3 Å². The van der Waals surface area contributed by atoms with E-state index >= 15 is 0 Å². The molecule has 0 aliphatic carbocycles. The number of hydrogen-bond acceptors (Lipinski definition) is 7. The van der Waals surface area contributed by atoms with E-state index in [2.05, 4.69) is 25.8 Å². The number of nitrogens with one attached hydrogen (secondary N) is 3. The molecule has 176 valence electrons. The monoisotopic (exact) mass is 495 g/mol. The molecule has 8 nitrogen and oxygen atoms in total. The molecule has 4 heterocycles. The van der Waals surface area contributed by atoms with Crippen LogP contribution in [-0.4, -0.2) is 46.3 Å². The molecule has 1 atom stereocenters. The van der Waals surface area contributed by atoms with Crippen LogP contribution in [0, 0.1) is 0 Å². The quantitative estimate of drug-likeness (QED) is 0.349. The molecule has 1 aliphatic rings. The first kappa shape index (κ1) is 22.7. The summed E-state index contributed by atoms with van der Waals surface area (Å²) in [6.45, 7) is 3.41. The van der Waals surface area contributed by atoms with Crippen LogP contribution in [0.2, 0.25) is 0 Å². The molecular weight excluding hydrogens is 470 g/mol. The van der Waals surface area contributed by atoms with Crippen molar-refractivity contribution in [3.05, 3.63) is 57.4 Å². The Kier molecular flexibility index (Phi) is 6.70. The van der Waals surface area contributed by atoms with Crippen LogP contribution in [0.25, 0.3) is 21.5 Å².